The lowest BCUT2D eigenvalue weighted by molar-refractivity contribution is -0.124. The predicted octanol–water partition coefficient (Wildman–Crippen LogP) is 2.73. The van der Waals surface area contributed by atoms with Crippen molar-refractivity contribution in [3.8, 4) is 5.75 Å². The molecule has 1 aliphatic rings. The molecule has 0 atom stereocenters. The lowest BCUT2D eigenvalue weighted by Crippen LogP contribution is -2.42. The average molecular weight is 446 g/mol. The molecule has 2 aromatic rings. The van der Waals surface area contributed by atoms with E-state index in [-0.39, 0.29) is 18.2 Å². The zero-order valence-electron chi connectivity index (χ0n) is 16.0. The van der Waals surface area contributed by atoms with Gasteiger partial charge in [0.1, 0.15) is 15.8 Å². The van der Waals surface area contributed by atoms with Gasteiger partial charge in [-0.05, 0) is 30.7 Å². The fourth-order valence-corrected chi connectivity index (χ4v) is 3.97. The highest BCUT2D eigenvalue weighted by atomic mass is 32.2. The van der Waals surface area contributed by atoms with Crippen LogP contribution in [0.3, 0.4) is 0 Å². The molecular formula is C20H19N3O5S2. The van der Waals surface area contributed by atoms with Gasteiger partial charge in [0, 0.05) is 19.0 Å². The van der Waals surface area contributed by atoms with E-state index < -0.39 is 5.91 Å². The van der Waals surface area contributed by atoms with E-state index in [0.717, 1.165) is 0 Å². The smallest absolute Gasteiger partial charge is 0.273 e. The summed E-state index contributed by atoms with van der Waals surface area (Å²) >= 11 is 6.45. The van der Waals surface area contributed by atoms with E-state index in [2.05, 4.69) is 10.9 Å². The van der Waals surface area contributed by atoms with Crippen LogP contribution in [0, 0.1) is 0 Å². The molecule has 1 aliphatic heterocycles. The number of para-hydroxylation sites is 1. The van der Waals surface area contributed by atoms with Gasteiger partial charge in [-0.2, -0.15) is 0 Å². The zero-order valence-corrected chi connectivity index (χ0v) is 17.7. The van der Waals surface area contributed by atoms with Crippen LogP contribution in [-0.4, -0.2) is 40.6 Å². The minimum Gasteiger partial charge on any atom is -0.496 e. The van der Waals surface area contributed by atoms with E-state index in [4.69, 9.17) is 21.4 Å². The topological polar surface area (TPSA) is 101 Å². The van der Waals surface area contributed by atoms with E-state index in [9.17, 15) is 14.4 Å². The fraction of sp³-hybridized carbons (Fsp3) is 0.200. The molecule has 2 N–H and O–H groups in total. The average Bonchev–Trinajstić information content (AvgIpc) is 3.35. The number of methoxy groups -OCH3 is 1. The Hall–Kier alpha value is -3.11. The molecule has 1 saturated heterocycles. The molecule has 0 radical (unpaired) electrons. The van der Waals surface area contributed by atoms with Crippen molar-refractivity contribution in [2.75, 3.05) is 13.7 Å². The van der Waals surface area contributed by atoms with Gasteiger partial charge in [0.25, 0.3) is 11.8 Å². The Kier molecular flexibility index (Phi) is 7.26. The second-order valence-corrected chi connectivity index (χ2v) is 7.83. The molecule has 0 aliphatic carbocycles. The van der Waals surface area contributed by atoms with Crippen LogP contribution in [0.15, 0.2) is 52.0 Å². The number of hydrogen-bond donors (Lipinski definition) is 2. The maximum atomic E-state index is 12.5. The van der Waals surface area contributed by atoms with Crippen molar-refractivity contribution < 1.29 is 23.5 Å². The van der Waals surface area contributed by atoms with Gasteiger partial charge in [-0.1, -0.05) is 36.1 Å². The summed E-state index contributed by atoms with van der Waals surface area (Å²) < 4.78 is 10.8. The number of amides is 3. The number of carbonyl (C=O) groups excluding carboxylic acids is 3. The van der Waals surface area contributed by atoms with Crippen molar-refractivity contribution in [3.63, 3.8) is 0 Å². The summed E-state index contributed by atoms with van der Waals surface area (Å²) in [4.78, 5) is 38.6. The van der Waals surface area contributed by atoms with E-state index >= 15 is 0 Å². The molecule has 1 fully saturated rings. The Morgan fingerprint density at radius 3 is 2.77 bits per heavy atom. The zero-order chi connectivity index (χ0) is 21.5. The van der Waals surface area contributed by atoms with Crippen molar-refractivity contribution in [2.24, 2.45) is 0 Å². The third kappa shape index (κ3) is 5.28. The van der Waals surface area contributed by atoms with Crippen molar-refractivity contribution in [3.05, 3.63) is 58.9 Å². The van der Waals surface area contributed by atoms with Crippen LogP contribution in [0.5, 0.6) is 5.75 Å². The first-order valence-electron chi connectivity index (χ1n) is 9.00. The number of nitrogens with zero attached hydrogens (tertiary/aromatic N) is 1. The lowest BCUT2D eigenvalue weighted by atomic mass is 10.2. The molecule has 0 bridgehead atoms. The Morgan fingerprint density at radius 1 is 1.23 bits per heavy atom. The number of thiocarbonyl (C=S) groups is 1. The molecular weight excluding hydrogens is 426 g/mol. The van der Waals surface area contributed by atoms with Crippen LogP contribution in [-0.2, 0) is 9.59 Å². The standard InChI is InChI=1S/C20H19N3O5S2/c1-27-15-8-3-2-7-14(15)18(25)22-21-17(24)9-4-10-23-19(26)16(30-20(23)29)12-13-6-5-11-28-13/h2-3,5-8,11-12H,4,9-10H2,1H3,(H,21,24)(H,22,25)/b16-12+. The summed E-state index contributed by atoms with van der Waals surface area (Å²) in [7, 11) is 1.46. The number of thioether (sulfide) groups is 1. The first kappa shape index (κ1) is 21.6. The van der Waals surface area contributed by atoms with Gasteiger partial charge in [-0.25, -0.2) is 0 Å². The van der Waals surface area contributed by atoms with E-state index in [1.54, 1.807) is 42.5 Å². The van der Waals surface area contributed by atoms with Crippen LogP contribution < -0.4 is 15.6 Å². The molecule has 0 saturated carbocycles. The monoisotopic (exact) mass is 445 g/mol. The summed E-state index contributed by atoms with van der Waals surface area (Å²) in [5.74, 6) is -0.108. The van der Waals surface area contributed by atoms with Crippen LogP contribution in [0.4, 0.5) is 0 Å². The Labute approximate surface area is 182 Å². The van der Waals surface area contributed by atoms with Gasteiger partial charge >= 0.3 is 0 Å². The third-order valence-electron chi connectivity index (χ3n) is 4.14. The van der Waals surface area contributed by atoms with Crippen molar-refractivity contribution in [1.82, 2.24) is 15.8 Å². The van der Waals surface area contributed by atoms with Gasteiger partial charge in [-0.3, -0.25) is 30.1 Å². The highest BCUT2D eigenvalue weighted by molar-refractivity contribution is 8.26. The lowest BCUT2D eigenvalue weighted by Gasteiger charge is -2.14. The van der Waals surface area contributed by atoms with Gasteiger partial charge < -0.3 is 9.15 Å². The summed E-state index contributed by atoms with van der Waals surface area (Å²) in [5, 5.41) is 0. The van der Waals surface area contributed by atoms with Gasteiger partial charge in [-0.15, -0.1) is 0 Å². The number of carbonyl (C=O) groups is 3. The third-order valence-corrected chi connectivity index (χ3v) is 5.52. The summed E-state index contributed by atoms with van der Waals surface area (Å²) in [6.07, 6.45) is 3.66. The maximum Gasteiger partial charge on any atom is 0.273 e. The van der Waals surface area contributed by atoms with Crippen molar-refractivity contribution in [1.29, 1.82) is 0 Å². The van der Waals surface area contributed by atoms with Gasteiger partial charge in [0.15, 0.2) is 0 Å². The fourth-order valence-electron chi connectivity index (χ4n) is 2.68. The minimum atomic E-state index is -0.485. The van der Waals surface area contributed by atoms with Crippen LogP contribution in [0.1, 0.15) is 29.0 Å². The number of ether oxygens (including phenoxy) is 1. The van der Waals surface area contributed by atoms with E-state index in [1.807, 2.05) is 0 Å². The molecule has 0 unspecified atom stereocenters. The Morgan fingerprint density at radius 2 is 2.03 bits per heavy atom. The molecule has 3 amide bonds. The van der Waals surface area contributed by atoms with Crippen LogP contribution in [0.2, 0.25) is 0 Å². The number of hydrogen-bond acceptors (Lipinski definition) is 7. The molecule has 156 valence electrons. The molecule has 2 heterocycles. The molecule has 1 aromatic heterocycles. The van der Waals surface area contributed by atoms with Crippen LogP contribution in [0.25, 0.3) is 6.08 Å². The van der Waals surface area contributed by atoms with Crippen molar-refractivity contribution >= 4 is 52.1 Å². The Bertz CT molecular complexity index is 988. The van der Waals surface area contributed by atoms with E-state index in [1.165, 1.54) is 30.0 Å². The highest BCUT2D eigenvalue weighted by Crippen LogP contribution is 2.32. The summed E-state index contributed by atoms with van der Waals surface area (Å²) in [6.45, 7) is 0.300. The first-order valence-corrected chi connectivity index (χ1v) is 10.2. The maximum absolute atomic E-state index is 12.5. The molecule has 8 nitrogen and oxygen atoms in total. The number of furan rings is 1. The Balaban J connectivity index is 1.45. The SMILES string of the molecule is COc1ccccc1C(=O)NNC(=O)CCCN1C(=O)/C(=C\c2ccco2)SC1=S. The van der Waals surface area contributed by atoms with Crippen molar-refractivity contribution in [2.45, 2.75) is 12.8 Å². The quantitative estimate of drug-likeness (QED) is 0.384. The largest absolute Gasteiger partial charge is 0.496 e. The molecule has 10 heteroatoms. The second kappa shape index (κ2) is 10.1. The van der Waals surface area contributed by atoms with Crippen LogP contribution >= 0.6 is 24.0 Å². The summed E-state index contributed by atoms with van der Waals surface area (Å²) in [6, 6.07) is 10.2. The normalized spacial score (nSPS) is 14.8. The number of benzene rings is 1. The number of rotatable bonds is 7. The van der Waals surface area contributed by atoms with Gasteiger partial charge in [0.2, 0.25) is 5.91 Å². The molecule has 3 rings (SSSR count). The second-order valence-electron chi connectivity index (χ2n) is 6.15. The molecule has 30 heavy (non-hydrogen) atoms. The minimum absolute atomic E-state index is 0.112. The number of nitrogens with one attached hydrogen (secondary N) is 2. The summed E-state index contributed by atoms with van der Waals surface area (Å²) in [5.41, 5.74) is 5.02. The first-order chi connectivity index (χ1) is 14.5. The molecule has 0 spiro atoms. The predicted molar refractivity (Wildman–Crippen MR) is 116 cm³/mol. The van der Waals surface area contributed by atoms with E-state index in [0.29, 0.717) is 39.3 Å². The number of hydrazine groups is 1. The van der Waals surface area contributed by atoms with Gasteiger partial charge in [0.05, 0.1) is 23.8 Å². The molecule has 1 aromatic carbocycles. The highest BCUT2D eigenvalue weighted by Gasteiger charge is 2.31.